The predicted octanol–water partition coefficient (Wildman–Crippen LogP) is 3.64. The van der Waals surface area contributed by atoms with Crippen LogP contribution in [-0.4, -0.2) is 45.3 Å². The number of carbonyl (C=O) groups is 3. The van der Waals surface area contributed by atoms with E-state index in [2.05, 4.69) is 0 Å². The first kappa shape index (κ1) is 23.4. The maximum Gasteiger partial charge on any atom is 0.294 e. The maximum atomic E-state index is 13.6. The van der Waals surface area contributed by atoms with Crippen molar-refractivity contribution in [2.24, 2.45) is 0 Å². The number of ether oxygens (including phenoxy) is 2. The average molecular weight is 537 g/mol. The zero-order chi connectivity index (χ0) is 26.9. The third kappa shape index (κ3) is 3.29. The van der Waals surface area contributed by atoms with Gasteiger partial charge in [0.25, 0.3) is 29.1 Å². The predicted molar refractivity (Wildman–Crippen MR) is 128 cm³/mol. The molecule has 3 aromatic rings. The van der Waals surface area contributed by atoms with Gasteiger partial charge in [0.05, 0.1) is 27.0 Å². The molecule has 3 aliphatic rings. The number of nitrogens with zero attached hydrogens (tertiary/aromatic N) is 4. The number of non-ortho nitro benzene ring substituents is 1. The van der Waals surface area contributed by atoms with Crippen molar-refractivity contribution >= 4 is 46.4 Å². The highest BCUT2D eigenvalue weighted by atomic mass is 35.5. The molecule has 0 radical (unpaired) electrons. The zero-order valence-electron chi connectivity index (χ0n) is 18.9. The van der Waals surface area contributed by atoms with Crippen LogP contribution in [0.2, 0.25) is 5.02 Å². The van der Waals surface area contributed by atoms with Crippen molar-refractivity contribution in [2.75, 3.05) is 11.7 Å². The molecular weight excluding hydrogens is 524 g/mol. The molecule has 0 bridgehead atoms. The van der Waals surface area contributed by atoms with E-state index in [0.717, 1.165) is 34.1 Å². The summed E-state index contributed by atoms with van der Waals surface area (Å²) in [7, 11) is 0. The molecule has 38 heavy (non-hydrogen) atoms. The lowest BCUT2D eigenvalue weighted by molar-refractivity contribution is -0.384. The molecule has 3 heterocycles. The van der Waals surface area contributed by atoms with Gasteiger partial charge in [-0.25, -0.2) is 0 Å². The number of β-lactam (4-membered cyclic amide) rings is 1. The fourth-order valence-electron chi connectivity index (χ4n) is 4.88. The molecule has 0 aromatic heterocycles. The number of nitro benzene ring substituents is 2. The Bertz CT molecular complexity index is 1620. The van der Waals surface area contributed by atoms with Gasteiger partial charge in [-0.1, -0.05) is 17.7 Å². The maximum absolute atomic E-state index is 13.6. The molecule has 0 aliphatic carbocycles. The summed E-state index contributed by atoms with van der Waals surface area (Å²) >= 11 is 5.95. The van der Waals surface area contributed by atoms with E-state index in [4.69, 9.17) is 21.1 Å². The Morgan fingerprint density at radius 1 is 0.789 bits per heavy atom. The molecule has 0 spiro atoms. The second-order valence-corrected chi connectivity index (χ2v) is 9.00. The van der Waals surface area contributed by atoms with Gasteiger partial charge in [-0.3, -0.25) is 44.4 Å². The van der Waals surface area contributed by atoms with Crippen molar-refractivity contribution in [2.45, 2.75) is 12.1 Å². The van der Waals surface area contributed by atoms with Gasteiger partial charge in [0.15, 0.2) is 11.5 Å². The summed E-state index contributed by atoms with van der Waals surface area (Å²) < 4.78 is 10.8. The Kier molecular flexibility index (Phi) is 5.07. The van der Waals surface area contributed by atoms with Crippen LogP contribution in [0, 0.1) is 20.2 Å². The van der Waals surface area contributed by atoms with Gasteiger partial charge in [0, 0.05) is 23.2 Å². The number of halogens is 1. The number of nitro groups is 2. The van der Waals surface area contributed by atoms with Gasteiger partial charge in [-0.05, 0) is 35.9 Å². The highest BCUT2D eigenvalue weighted by Gasteiger charge is 2.58. The SMILES string of the molecule is O=C1c2ccc([N+](=O)[O-])cc2C(=O)N1[C@@H]1C(=O)N(c2ccc(Cl)cc2[N+](=O)[O-])[C@H]1c1ccc2c(c1)OCO2. The molecule has 2 atom stereocenters. The van der Waals surface area contributed by atoms with E-state index in [1.165, 1.54) is 12.1 Å². The number of hydrogen-bond acceptors (Lipinski definition) is 9. The number of imide groups is 1. The van der Waals surface area contributed by atoms with Crippen molar-refractivity contribution in [1.82, 2.24) is 4.90 Å². The van der Waals surface area contributed by atoms with Crippen LogP contribution in [0.25, 0.3) is 0 Å². The Labute approximate surface area is 217 Å². The summed E-state index contributed by atoms with van der Waals surface area (Å²) in [5.41, 5.74) is -0.822. The van der Waals surface area contributed by atoms with Gasteiger partial charge < -0.3 is 9.47 Å². The average Bonchev–Trinajstić information content (AvgIpc) is 3.45. The summed E-state index contributed by atoms with van der Waals surface area (Å²) in [6.45, 7) is -0.0324. The van der Waals surface area contributed by atoms with E-state index in [1.807, 2.05) is 0 Å². The molecular formula is C24H13ClN4O9. The molecule has 13 nitrogen and oxygen atoms in total. The molecule has 3 aliphatic heterocycles. The number of fused-ring (bicyclic) bond motifs is 2. The van der Waals surface area contributed by atoms with Crippen LogP contribution < -0.4 is 14.4 Å². The zero-order valence-corrected chi connectivity index (χ0v) is 19.7. The summed E-state index contributed by atoms with van der Waals surface area (Å²) in [5.74, 6) is -1.67. The third-order valence-electron chi connectivity index (χ3n) is 6.59. The van der Waals surface area contributed by atoms with E-state index in [9.17, 15) is 34.6 Å². The largest absolute Gasteiger partial charge is 0.454 e. The summed E-state index contributed by atoms with van der Waals surface area (Å²) in [6.07, 6.45) is 0. The van der Waals surface area contributed by atoms with Gasteiger partial charge >= 0.3 is 0 Å². The molecule has 3 amide bonds. The fourth-order valence-corrected chi connectivity index (χ4v) is 5.05. The Morgan fingerprint density at radius 3 is 2.26 bits per heavy atom. The number of rotatable bonds is 5. The normalized spacial score (nSPS) is 19.4. The Hall–Kier alpha value is -5.04. The van der Waals surface area contributed by atoms with E-state index in [0.29, 0.717) is 17.1 Å². The van der Waals surface area contributed by atoms with E-state index in [-0.39, 0.29) is 28.6 Å². The summed E-state index contributed by atoms with van der Waals surface area (Å²) in [4.78, 5) is 63.7. The lowest BCUT2D eigenvalue weighted by atomic mass is 9.86. The molecule has 190 valence electrons. The monoisotopic (exact) mass is 536 g/mol. The van der Waals surface area contributed by atoms with Crippen molar-refractivity contribution in [3.8, 4) is 11.5 Å². The molecule has 0 N–H and O–H groups in total. The number of anilines is 1. The highest BCUT2D eigenvalue weighted by Crippen LogP contribution is 2.49. The van der Waals surface area contributed by atoms with Crippen molar-refractivity contribution in [1.29, 1.82) is 0 Å². The standard InChI is InChI=1S/C24H13ClN4O9/c25-12-2-5-16(17(8-12)29(35)36)26-20(11-1-6-18-19(7-11)38-10-37-18)21(24(26)32)27-22(30)14-4-3-13(28(33)34)9-15(14)23(27)31/h1-9,20-21H,10H2/t20-,21-/m0/s1. The molecule has 0 unspecified atom stereocenters. The minimum atomic E-state index is -1.39. The van der Waals surface area contributed by atoms with Crippen molar-refractivity contribution in [3.05, 3.63) is 96.5 Å². The van der Waals surface area contributed by atoms with Crippen LogP contribution in [0.15, 0.2) is 54.6 Å². The van der Waals surface area contributed by atoms with Crippen LogP contribution in [0.3, 0.4) is 0 Å². The van der Waals surface area contributed by atoms with Gasteiger partial charge in [-0.15, -0.1) is 0 Å². The summed E-state index contributed by atoms with van der Waals surface area (Å²) in [5, 5.41) is 23.1. The molecule has 1 saturated heterocycles. The molecule has 1 fully saturated rings. The number of amides is 3. The van der Waals surface area contributed by atoms with E-state index >= 15 is 0 Å². The quantitative estimate of drug-likeness (QED) is 0.205. The van der Waals surface area contributed by atoms with Crippen molar-refractivity contribution < 1.29 is 33.7 Å². The van der Waals surface area contributed by atoms with E-state index in [1.54, 1.807) is 18.2 Å². The number of hydrogen-bond donors (Lipinski definition) is 0. The van der Waals surface area contributed by atoms with Crippen LogP contribution >= 0.6 is 11.6 Å². The number of carbonyl (C=O) groups excluding carboxylic acids is 3. The van der Waals surface area contributed by atoms with Crippen LogP contribution in [-0.2, 0) is 4.79 Å². The second-order valence-electron chi connectivity index (χ2n) is 8.57. The first-order valence-corrected chi connectivity index (χ1v) is 11.4. The van der Waals surface area contributed by atoms with Gasteiger partial charge in [-0.2, -0.15) is 0 Å². The first-order chi connectivity index (χ1) is 18.2. The van der Waals surface area contributed by atoms with E-state index < -0.39 is 51.0 Å². The van der Waals surface area contributed by atoms with Gasteiger partial charge in [0.1, 0.15) is 11.7 Å². The third-order valence-corrected chi connectivity index (χ3v) is 6.83. The number of benzene rings is 3. The Balaban J connectivity index is 1.47. The lowest BCUT2D eigenvalue weighted by Gasteiger charge is -2.49. The van der Waals surface area contributed by atoms with Crippen LogP contribution in [0.4, 0.5) is 17.1 Å². The topological polar surface area (TPSA) is 162 Å². The van der Waals surface area contributed by atoms with Gasteiger partial charge in [0.2, 0.25) is 6.79 Å². The van der Waals surface area contributed by atoms with Crippen LogP contribution in [0.5, 0.6) is 11.5 Å². The first-order valence-electron chi connectivity index (χ1n) is 11.0. The minimum Gasteiger partial charge on any atom is -0.454 e. The lowest BCUT2D eigenvalue weighted by Crippen LogP contribution is -2.67. The second kappa shape index (κ2) is 8.24. The van der Waals surface area contributed by atoms with Crippen LogP contribution in [0.1, 0.15) is 32.3 Å². The molecule has 3 aromatic carbocycles. The highest BCUT2D eigenvalue weighted by molar-refractivity contribution is 6.31. The molecule has 0 saturated carbocycles. The summed E-state index contributed by atoms with van der Waals surface area (Å²) in [6, 6.07) is 9.31. The fraction of sp³-hybridized carbons (Fsp3) is 0.125. The minimum absolute atomic E-state index is 0.0324. The van der Waals surface area contributed by atoms with Crippen molar-refractivity contribution in [3.63, 3.8) is 0 Å². The molecule has 6 rings (SSSR count). The Morgan fingerprint density at radius 2 is 1.53 bits per heavy atom. The molecule has 14 heteroatoms. The smallest absolute Gasteiger partial charge is 0.294 e.